The van der Waals surface area contributed by atoms with Crippen LogP contribution in [0.3, 0.4) is 0 Å². The van der Waals surface area contributed by atoms with Crippen molar-refractivity contribution >= 4 is 56.7 Å². The minimum atomic E-state index is -0.846. The van der Waals surface area contributed by atoms with Crippen LogP contribution >= 0.6 is 39.1 Å². The van der Waals surface area contributed by atoms with Crippen LogP contribution in [0.4, 0.5) is 11.6 Å². The van der Waals surface area contributed by atoms with Crippen LogP contribution in [0, 0.1) is 0 Å². The average molecular weight is 452 g/mol. The molecule has 1 amide bonds. The molecule has 1 aromatic heterocycles. The number of hydrogen-bond acceptors (Lipinski definition) is 3. The summed E-state index contributed by atoms with van der Waals surface area (Å²) in [6, 6.07) is 12.9. The molecule has 5 nitrogen and oxygen atoms in total. The summed E-state index contributed by atoms with van der Waals surface area (Å²) in [6.45, 7) is 1.89. The summed E-state index contributed by atoms with van der Waals surface area (Å²) in [6.07, 6.45) is 2.09. The Labute approximate surface area is 168 Å². The zero-order valence-electron chi connectivity index (χ0n) is 13.7. The zero-order valence-corrected chi connectivity index (χ0v) is 16.8. The van der Waals surface area contributed by atoms with E-state index < -0.39 is 5.54 Å². The quantitative estimate of drug-likeness (QED) is 0.563. The molecule has 0 radical (unpaired) electrons. The molecular formula is C18H13BrCl2N4O. The lowest BCUT2D eigenvalue weighted by Gasteiger charge is -2.24. The fourth-order valence-corrected chi connectivity index (χ4v) is 4.00. The van der Waals surface area contributed by atoms with E-state index in [0.717, 1.165) is 10.0 Å². The molecule has 0 N–H and O–H groups in total. The second-order valence-electron chi connectivity index (χ2n) is 6.35. The third kappa shape index (κ3) is 2.82. The lowest BCUT2D eigenvalue weighted by atomic mass is 9.92. The lowest BCUT2D eigenvalue weighted by molar-refractivity contribution is -0.123. The molecule has 2 heterocycles. The Morgan fingerprint density at radius 3 is 2.42 bits per heavy atom. The predicted octanol–water partition coefficient (Wildman–Crippen LogP) is 4.98. The van der Waals surface area contributed by atoms with E-state index in [9.17, 15) is 4.79 Å². The molecule has 2 aromatic carbocycles. The molecule has 0 aliphatic carbocycles. The van der Waals surface area contributed by atoms with Crippen LogP contribution in [-0.2, 0) is 16.8 Å². The van der Waals surface area contributed by atoms with Gasteiger partial charge in [0.25, 0.3) is 5.91 Å². The summed E-state index contributed by atoms with van der Waals surface area (Å²) < 4.78 is 2.79. The molecule has 3 aromatic rings. The van der Waals surface area contributed by atoms with Gasteiger partial charge in [-0.05, 0) is 42.8 Å². The summed E-state index contributed by atoms with van der Waals surface area (Å²) >= 11 is 15.7. The van der Waals surface area contributed by atoms with E-state index in [1.54, 1.807) is 29.1 Å². The van der Waals surface area contributed by atoms with Gasteiger partial charge in [0.15, 0.2) is 0 Å². The Morgan fingerprint density at radius 2 is 1.77 bits per heavy atom. The number of carbonyl (C=O) groups is 1. The average Bonchev–Trinajstić information content (AvgIpc) is 3.12. The molecule has 132 valence electrons. The Hall–Kier alpha value is -1.89. The highest BCUT2D eigenvalue weighted by Crippen LogP contribution is 2.41. The molecule has 4 rings (SSSR count). The second kappa shape index (κ2) is 6.37. The Bertz CT molecular complexity index is 984. The van der Waals surface area contributed by atoms with Crippen molar-refractivity contribution in [3.05, 3.63) is 68.9 Å². The molecule has 0 spiro atoms. The Balaban J connectivity index is 1.79. The Kier molecular flexibility index (Phi) is 4.29. The molecule has 0 saturated carbocycles. The normalized spacial score (nSPS) is 19.1. The van der Waals surface area contributed by atoms with E-state index in [4.69, 9.17) is 23.2 Å². The van der Waals surface area contributed by atoms with Crippen LogP contribution < -0.4 is 4.90 Å². The Morgan fingerprint density at radius 1 is 1.12 bits per heavy atom. The van der Waals surface area contributed by atoms with Crippen LogP contribution in [-0.4, -0.2) is 20.7 Å². The second-order valence-corrected chi connectivity index (χ2v) is 8.13. The van der Waals surface area contributed by atoms with Crippen LogP contribution in [0.15, 0.2) is 53.3 Å². The van der Waals surface area contributed by atoms with Gasteiger partial charge in [-0.3, -0.25) is 9.36 Å². The molecule has 1 aliphatic heterocycles. The summed E-state index contributed by atoms with van der Waals surface area (Å²) in [7, 11) is 0. The van der Waals surface area contributed by atoms with Crippen LogP contribution in [0.2, 0.25) is 10.0 Å². The van der Waals surface area contributed by atoms with Gasteiger partial charge in [-0.2, -0.15) is 0 Å². The highest BCUT2D eigenvalue weighted by atomic mass is 79.9. The standard InChI is InChI=1S/C18H13BrCl2N4O/c1-18(9-11-2-4-12(19)5-3-11)16(26)25(17-23-22-10-24(17)18)15-7-13(20)6-14(21)8-15/h2-8,10H,9H2,1H3. The smallest absolute Gasteiger partial charge is 0.260 e. The van der Waals surface area contributed by atoms with E-state index in [1.807, 2.05) is 31.2 Å². The lowest BCUT2D eigenvalue weighted by Crippen LogP contribution is -2.40. The van der Waals surface area contributed by atoms with Gasteiger partial charge in [0.05, 0.1) is 5.69 Å². The SMILES string of the molecule is CC1(Cc2ccc(Br)cc2)C(=O)N(c2cc(Cl)cc(Cl)c2)c2nncn21. The van der Waals surface area contributed by atoms with Gasteiger partial charge in [0, 0.05) is 20.9 Å². The van der Waals surface area contributed by atoms with Gasteiger partial charge in [-0.15, -0.1) is 10.2 Å². The molecule has 26 heavy (non-hydrogen) atoms. The van der Waals surface area contributed by atoms with Crippen molar-refractivity contribution in [1.82, 2.24) is 14.8 Å². The summed E-state index contributed by atoms with van der Waals surface area (Å²) in [5, 5.41) is 9.04. The van der Waals surface area contributed by atoms with Crippen LogP contribution in [0.1, 0.15) is 12.5 Å². The first-order valence-electron chi connectivity index (χ1n) is 7.84. The number of hydrogen-bond donors (Lipinski definition) is 0. The third-order valence-electron chi connectivity index (χ3n) is 4.49. The van der Waals surface area contributed by atoms with Crippen molar-refractivity contribution < 1.29 is 4.79 Å². The minimum absolute atomic E-state index is 0.108. The fraction of sp³-hybridized carbons (Fsp3) is 0.167. The van der Waals surface area contributed by atoms with Crippen molar-refractivity contribution in [2.45, 2.75) is 18.9 Å². The third-order valence-corrected chi connectivity index (χ3v) is 5.46. The first-order valence-corrected chi connectivity index (χ1v) is 9.39. The van der Waals surface area contributed by atoms with Crippen molar-refractivity contribution in [3.63, 3.8) is 0 Å². The number of rotatable bonds is 3. The highest BCUT2D eigenvalue weighted by Gasteiger charge is 2.49. The van der Waals surface area contributed by atoms with Crippen LogP contribution in [0.25, 0.3) is 0 Å². The highest BCUT2D eigenvalue weighted by molar-refractivity contribution is 9.10. The number of amides is 1. The summed E-state index contributed by atoms with van der Waals surface area (Å²) in [5.74, 6) is 0.344. The maximum atomic E-state index is 13.4. The number of carbonyl (C=O) groups excluding carboxylic acids is 1. The molecule has 1 atom stereocenters. The maximum Gasteiger partial charge on any atom is 0.260 e. The van der Waals surface area contributed by atoms with E-state index in [-0.39, 0.29) is 5.91 Å². The minimum Gasteiger partial charge on any atom is -0.284 e. The van der Waals surface area contributed by atoms with Crippen molar-refractivity contribution in [3.8, 4) is 0 Å². The number of nitrogens with zero attached hydrogens (tertiary/aromatic N) is 4. The number of fused-ring (bicyclic) bond motifs is 1. The predicted molar refractivity (Wildman–Crippen MR) is 105 cm³/mol. The van der Waals surface area contributed by atoms with Gasteiger partial charge in [-0.25, -0.2) is 4.90 Å². The zero-order chi connectivity index (χ0) is 18.5. The molecule has 8 heteroatoms. The molecule has 0 bridgehead atoms. The molecule has 0 saturated heterocycles. The summed E-state index contributed by atoms with van der Waals surface area (Å²) in [4.78, 5) is 14.9. The van der Waals surface area contributed by atoms with E-state index in [0.29, 0.717) is 28.1 Å². The number of benzene rings is 2. The van der Waals surface area contributed by atoms with E-state index >= 15 is 0 Å². The van der Waals surface area contributed by atoms with Gasteiger partial charge in [0.1, 0.15) is 11.9 Å². The number of aromatic nitrogens is 3. The van der Waals surface area contributed by atoms with Crippen molar-refractivity contribution in [2.24, 2.45) is 0 Å². The van der Waals surface area contributed by atoms with Gasteiger partial charge in [-0.1, -0.05) is 51.3 Å². The summed E-state index contributed by atoms with van der Waals surface area (Å²) in [5.41, 5.74) is 0.762. The first kappa shape index (κ1) is 17.5. The van der Waals surface area contributed by atoms with E-state index in [1.165, 1.54) is 4.90 Å². The van der Waals surface area contributed by atoms with Crippen molar-refractivity contribution in [1.29, 1.82) is 0 Å². The molecule has 0 fully saturated rings. The van der Waals surface area contributed by atoms with Gasteiger partial charge >= 0.3 is 0 Å². The van der Waals surface area contributed by atoms with Crippen molar-refractivity contribution in [2.75, 3.05) is 4.90 Å². The largest absolute Gasteiger partial charge is 0.284 e. The van der Waals surface area contributed by atoms with Gasteiger partial charge in [0.2, 0.25) is 5.95 Å². The fourth-order valence-electron chi connectivity index (χ4n) is 3.23. The molecule has 1 unspecified atom stereocenters. The molecular weight excluding hydrogens is 439 g/mol. The van der Waals surface area contributed by atoms with Gasteiger partial charge < -0.3 is 0 Å². The van der Waals surface area contributed by atoms with Crippen LogP contribution in [0.5, 0.6) is 0 Å². The number of halogens is 3. The number of anilines is 2. The monoisotopic (exact) mass is 450 g/mol. The topological polar surface area (TPSA) is 51.0 Å². The first-order chi connectivity index (χ1) is 12.4. The van der Waals surface area contributed by atoms with E-state index in [2.05, 4.69) is 26.1 Å². The molecule has 1 aliphatic rings. The maximum absolute atomic E-state index is 13.4.